The van der Waals surface area contributed by atoms with Crippen LogP contribution >= 0.6 is 39.3 Å². The van der Waals surface area contributed by atoms with Crippen LogP contribution in [-0.2, 0) is 17.6 Å². The summed E-state index contributed by atoms with van der Waals surface area (Å²) in [5.41, 5.74) is 7.64. The van der Waals surface area contributed by atoms with E-state index >= 15 is 0 Å². The molecular formula is C19H18BrClF2N2OS. The Morgan fingerprint density at radius 2 is 2.19 bits per heavy atom. The van der Waals surface area contributed by atoms with E-state index in [4.69, 9.17) is 17.3 Å². The van der Waals surface area contributed by atoms with Gasteiger partial charge in [-0.25, -0.2) is 8.78 Å². The maximum absolute atomic E-state index is 14.5. The number of thioether (sulfide) groups is 1. The van der Waals surface area contributed by atoms with Gasteiger partial charge in [-0.3, -0.25) is 4.79 Å². The maximum Gasteiger partial charge on any atom is 0.276 e. The maximum atomic E-state index is 14.5. The lowest BCUT2D eigenvalue weighted by Gasteiger charge is -2.23. The lowest BCUT2D eigenvalue weighted by atomic mass is 10.0. The van der Waals surface area contributed by atoms with Gasteiger partial charge in [0.2, 0.25) is 5.91 Å². The summed E-state index contributed by atoms with van der Waals surface area (Å²) >= 11 is 11.0. The Kier molecular flexibility index (Phi) is 6.15. The molecule has 0 spiro atoms. The van der Waals surface area contributed by atoms with Gasteiger partial charge in [0.25, 0.3) is 5.92 Å². The van der Waals surface area contributed by atoms with E-state index in [1.165, 1.54) is 0 Å². The van der Waals surface area contributed by atoms with Gasteiger partial charge in [0, 0.05) is 20.8 Å². The number of amides is 1. The van der Waals surface area contributed by atoms with Crippen molar-refractivity contribution in [1.82, 2.24) is 5.32 Å². The number of alkyl halides is 2. The number of hydrogen-bond acceptors (Lipinski definition) is 3. The van der Waals surface area contributed by atoms with Gasteiger partial charge in [0.1, 0.15) is 6.04 Å². The molecule has 0 aliphatic heterocycles. The first-order valence-electron chi connectivity index (χ1n) is 8.26. The second kappa shape index (κ2) is 8.07. The Balaban J connectivity index is 1.76. The fraction of sp³-hybridized carbons (Fsp3) is 0.316. The molecule has 0 saturated carbocycles. The minimum Gasteiger partial charge on any atom is -0.342 e. The second-order valence-corrected chi connectivity index (χ2v) is 8.60. The molecule has 8 heteroatoms. The topological polar surface area (TPSA) is 55.1 Å². The molecule has 0 fully saturated rings. The number of carbonyl (C=O) groups is 1. The third-order valence-corrected chi connectivity index (χ3v) is 6.45. The van der Waals surface area contributed by atoms with Crippen molar-refractivity contribution in [3.05, 3.63) is 62.6 Å². The zero-order chi connectivity index (χ0) is 19.8. The molecule has 0 heterocycles. The van der Waals surface area contributed by atoms with Gasteiger partial charge in [-0.2, -0.15) is 0 Å². The van der Waals surface area contributed by atoms with Crippen molar-refractivity contribution in [3.63, 3.8) is 0 Å². The summed E-state index contributed by atoms with van der Waals surface area (Å²) in [6.45, 7) is 0. The van der Waals surface area contributed by atoms with E-state index in [0.29, 0.717) is 26.2 Å². The number of benzene rings is 2. The minimum atomic E-state index is -3.07. The fourth-order valence-electron chi connectivity index (χ4n) is 3.19. The van der Waals surface area contributed by atoms with Crippen LogP contribution in [0.4, 0.5) is 8.78 Å². The van der Waals surface area contributed by atoms with Gasteiger partial charge < -0.3 is 11.1 Å². The van der Waals surface area contributed by atoms with Crippen LogP contribution in [0.25, 0.3) is 0 Å². The Hall–Kier alpha value is -1.15. The summed E-state index contributed by atoms with van der Waals surface area (Å²) in [7, 11) is 0. The number of rotatable bonds is 5. The summed E-state index contributed by atoms with van der Waals surface area (Å²) in [6, 6.07) is 8.10. The first-order chi connectivity index (χ1) is 12.7. The first kappa shape index (κ1) is 20.6. The van der Waals surface area contributed by atoms with Gasteiger partial charge >= 0.3 is 0 Å². The molecule has 1 aliphatic rings. The Bertz CT molecular complexity index is 881. The molecule has 2 aromatic carbocycles. The summed E-state index contributed by atoms with van der Waals surface area (Å²) in [6.07, 6.45) is 1.67. The standard InChI is InChI=1S/C19H18BrClF2N2OS/c1-27-11-5-6-15(21)10(7-11)8-16(24)18(26)25-17-12-3-2-4-14(20)13(12)9-19(17,22)23/h2-7,16-17H,8-9,24H2,1H3,(H,25,26). The van der Waals surface area contributed by atoms with E-state index in [2.05, 4.69) is 21.2 Å². The van der Waals surface area contributed by atoms with E-state index in [1.807, 2.05) is 18.4 Å². The lowest BCUT2D eigenvalue weighted by Crippen LogP contribution is -2.47. The average Bonchev–Trinajstić information content (AvgIpc) is 2.88. The molecule has 3 nitrogen and oxygen atoms in total. The van der Waals surface area contributed by atoms with Crippen LogP contribution in [0.2, 0.25) is 5.02 Å². The van der Waals surface area contributed by atoms with Crippen LogP contribution in [0.1, 0.15) is 22.7 Å². The molecular weight excluding hydrogens is 458 g/mol. The van der Waals surface area contributed by atoms with E-state index in [1.54, 1.807) is 36.0 Å². The van der Waals surface area contributed by atoms with Crippen molar-refractivity contribution >= 4 is 45.2 Å². The molecule has 0 aromatic heterocycles. The van der Waals surface area contributed by atoms with Crippen molar-refractivity contribution in [2.75, 3.05) is 6.26 Å². The van der Waals surface area contributed by atoms with Crippen molar-refractivity contribution in [2.24, 2.45) is 5.73 Å². The molecule has 2 atom stereocenters. The smallest absolute Gasteiger partial charge is 0.276 e. The Labute approximate surface area is 174 Å². The van der Waals surface area contributed by atoms with Crippen molar-refractivity contribution in [1.29, 1.82) is 0 Å². The van der Waals surface area contributed by atoms with Crippen LogP contribution < -0.4 is 11.1 Å². The van der Waals surface area contributed by atoms with Gasteiger partial charge in [-0.15, -0.1) is 11.8 Å². The molecule has 1 aliphatic carbocycles. The van der Waals surface area contributed by atoms with E-state index in [9.17, 15) is 13.6 Å². The van der Waals surface area contributed by atoms with Crippen molar-refractivity contribution < 1.29 is 13.6 Å². The highest BCUT2D eigenvalue weighted by Gasteiger charge is 2.49. The van der Waals surface area contributed by atoms with Gasteiger partial charge in [-0.1, -0.05) is 39.7 Å². The molecule has 27 heavy (non-hydrogen) atoms. The summed E-state index contributed by atoms with van der Waals surface area (Å²) in [4.78, 5) is 13.5. The Morgan fingerprint density at radius 1 is 1.44 bits per heavy atom. The monoisotopic (exact) mass is 474 g/mol. The highest BCUT2D eigenvalue weighted by atomic mass is 79.9. The predicted octanol–water partition coefficient (Wildman–Crippen LogP) is 4.74. The largest absolute Gasteiger partial charge is 0.342 e. The molecule has 0 saturated heterocycles. The van der Waals surface area contributed by atoms with Crippen molar-refractivity contribution in [3.8, 4) is 0 Å². The molecule has 1 amide bonds. The van der Waals surface area contributed by atoms with Crippen LogP contribution in [0.3, 0.4) is 0 Å². The first-order valence-corrected chi connectivity index (χ1v) is 10.7. The second-order valence-electron chi connectivity index (χ2n) is 6.45. The highest BCUT2D eigenvalue weighted by Crippen LogP contribution is 2.45. The van der Waals surface area contributed by atoms with Crippen molar-refractivity contribution in [2.45, 2.75) is 35.7 Å². The van der Waals surface area contributed by atoms with Crippen LogP contribution in [0, 0.1) is 0 Å². The van der Waals surface area contributed by atoms with E-state index < -0.39 is 30.3 Å². The number of fused-ring (bicyclic) bond motifs is 1. The van der Waals surface area contributed by atoms with E-state index in [0.717, 1.165) is 4.90 Å². The normalized spacial score (nSPS) is 18.8. The molecule has 0 bridgehead atoms. The summed E-state index contributed by atoms with van der Waals surface area (Å²) in [5.74, 6) is -3.70. The van der Waals surface area contributed by atoms with Gasteiger partial charge in [0.05, 0.1) is 6.04 Å². The molecule has 0 radical (unpaired) electrons. The number of nitrogens with two attached hydrogens (primary N) is 1. The van der Waals surface area contributed by atoms with Gasteiger partial charge in [-0.05, 0) is 53.6 Å². The number of nitrogens with one attached hydrogen (secondary N) is 1. The SMILES string of the molecule is CSc1ccc(Cl)c(CC(N)C(=O)NC2c3cccc(Br)c3CC2(F)F)c1. The molecule has 3 N–H and O–H groups in total. The average molecular weight is 476 g/mol. The van der Waals surface area contributed by atoms with Crippen LogP contribution in [-0.4, -0.2) is 24.1 Å². The lowest BCUT2D eigenvalue weighted by molar-refractivity contribution is -0.126. The molecule has 3 rings (SSSR count). The molecule has 2 aromatic rings. The quantitative estimate of drug-likeness (QED) is 0.614. The Morgan fingerprint density at radius 3 is 2.89 bits per heavy atom. The zero-order valence-corrected chi connectivity index (χ0v) is 17.6. The number of hydrogen-bond donors (Lipinski definition) is 2. The zero-order valence-electron chi connectivity index (χ0n) is 14.4. The predicted molar refractivity (Wildman–Crippen MR) is 109 cm³/mol. The summed E-state index contributed by atoms with van der Waals surface area (Å²) in [5, 5.41) is 2.93. The minimum absolute atomic E-state index is 0.169. The molecule has 144 valence electrons. The van der Waals surface area contributed by atoms with E-state index in [-0.39, 0.29) is 6.42 Å². The third kappa shape index (κ3) is 4.31. The molecule has 2 unspecified atom stereocenters. The number of halogens is 4. The fourth-order valence-corrected chi connectivity index (χ4v) is 4.37. The summed E-state index contributed by atoms with van der Waals surface area (Å²) < 4.78 is 29.6. The van der Waals surface area contributed by atoms with Crippen LogP contribution in [0.5, 0.6) is 0 Å². The van der Waals surface area contributed by atoms with Crippen LogP contribution in [0.15, 0.2) is 45.8 Å². The van der Waals surface area contributed by atoms with Gasteiger partial charge in [0.15, 0.2) is 0 Å². The highest BCUT2D eigenvalue weighted by molar-refractivity contribution is 9.10. The number of carbonyl (C=O) groups excluding carboxylic acids is 1. The third-order valence-electron chi connectivity index (χ3n) is 4.62.